The van der Waals surface area contributed by atoms with Crippen molar-refractivity contribution < 1.29 is 18.7 Å². The highest BCUT2D eigenvalue weighted by atomic mass is 19.1. The summed E-state index contributed by atoms with van der Waals surface area (Å²) in [6.07, 6.45) is 6.87. The van der Waals surface area contributed by atoms with E-state index in [1.165, 1.54) is 25.0 Å². The molecule has 1 amide bonds. The van der Waals surface area contributed by atoms with Gasteiger partial charge < -0.3 is 14.8 Å². The van der Waals surface area contributed by atoms with Gasteiger partial charge in [-0.15, -0.1) is 0 Å². The minimum absolute atomic E-state index is 0.116. The van der Waals surface area contributed by atoms with Crippen LogP contribution in [0.4, 0.5) is 4.39 Å². The Hall–Kier alpha value is -1.66. The number of nitrogens with one attached hydrogen (secondary N) is 1. The summed E-state index contributed by atoms with van der Waals surface area (Å²) in [6.45, 7) is 3.04. The molecule has 1 saturated carbocycles. The fourth-order valence-corrected chi connectivity index (χ4v) is 4.80. The minimum Gasteiger partial charge on any atom is -0.486 e. The number of nitrogens with zero attached hydrogens (tertiary/aromatic N) is 1. The summed E-state index contributed by atoms with van der Waals surface area (Å²) in [6, 6.07) is 6.01. The molecule has 1 N–H and O–H groups in total. The fourth-order valence-electron chi connectivity index (χ4n) is 4.80. The molecule has 0 bridgehead atoms. The Kier molecular flexibility index (Phi) is 5.64. The van der Waals surface area contributed by atoms with Gasteiger partial charge in [0.05, 0.1) is 12.6 Å². The van der Waals surface area contributed by atoms with Gasteiger partial charge in [-0.05, 0) is 57.3 Å². The van der Waals surface area contributed by atoms with Crippen LogP contribution in [0.15, 0.2) is 24.3 Å². The Labute approximate surface area is 160 Å². The first-order valence-corrected chi connectivity index (χ1v) is 10.2. The zero-order valence-electron chi connectivity index (χ0n) is 15.8. The molecule has 1 aliphatic carbocycles. The van der Waals surface area contributed by atoms with Crippen molar-refractivity contribution in [2.24, 2.45) is 0 Å². The Morgan fingerprint density at radius 1 is 1.22 bits per heavy atom. The second-order valence-corrected chi connectivity index (χ2v) is 7.99. The number of carbonyl (C=O) groups is 1. The lowest BCUT2D eigenvalue weighted by Crippen LogP contribution is -2.61. The van der Waals surface area contributed by atoms with Crippen molar-refractivity contribution >= 4 is 5.91 Å². The van der Waals surface area contributed by atoms with Crippen LogP contribution in [0.3, 0.4) is 0 Å². The van der Waals surface area contributed by atoms with E-state index in [4.69, 9.17) is 9.47 Å². The minimum atomic E-state index is -0.349. The van der Waals surface area contributed by atoms with E-state index >= 15 is 0 Å². The van der Waals surface area contributed by atoms with Crippen LogP contribution in [0.25, 0.3) is 0 Å². The molecule has 6 heteroatoms. The van der Waals surface area contributed by atoms with Gasteiger partial charge in [-0.2, -0.15) is 0 Å². The number of halogens is 1. The van der Waals surface area contributed by atoms with Crippen molar-refractivity contribution in [3.63, 3.8) is 0 Å². The molecule has 0 radical (unpaired) electrons. The van der Waals surface area contributed by atoms with Crippen LogP contribution in [0, 0.1) is 5.82 Å². The smallest absolute Gasteiger partial charge is 0.240 e. The van der Waals surface area contributed by atoms with Gasteiger partial charge in [0.1, 0.15) is 23.2 Å². The van der Waals surface area contributed by atoms with E-state index in [-0.39, 0.29) is 29.4 Å². The maximum atomic E-state index is 13.5. The number of hydrogen-bond donors (Lipinski definition) is 1. The van der Waals surface area contributed by atoms with Crippen LogP contribution < -0.4 is 10.1 Å². The SMILES string of the molecule is O=C(N[C@@H]1CCOC[C@H]1Oc1cccc(F)c1)C1(N2CCCC2)CCCC1. The van der Waals surface area contributed by atoms with Crippen LogP contribution in [0.1, 0.15) is 44.9 Å². The van der Waals surface area contributed by atoms with Crippen molar-refractivity contribution in [2.75, 3.05) is 26.3 Å². The van der Waals surface area contributed by atoms with E-state index in [0.717, 1.165) is 38.8 Å². The fraction of sp³-hybridized carbons (Fsp3) is 0.667. The predicted octanol–water partition coefficient (Wildman–Crippen LogP) is 2.89. The van der Waals surface area contributed by atoms with E-state index in [0.29, 0.717) is 25.4 Å². The molecular formula is C21H29FN2O3. The first kappa shape index (κ1) is 18.7. The number of amides is 1. The van der Waals surface area contributed by atoms with Gasteiger partial charge in [-0.1, -0.05) is 18.9 Å². The average Bonchev–Trinajstić information content (AvgIpc) is 3.36. The van der Waals surface area contributed by atoms with Crippen molar-refractivity contribution in [2.45, 2.75) is 62.6 Å². The number of hydrogen-bond acceptors (Lipinski definition) is 4. The Balaban J connectivity index is 1.46. The van der Waals surface area contributed by atoms with Gasteiger partial charge in [0.2, 0.25) is 5.91 Å². The van der Waals surface area contributed by atoms with Crippen LogP contribution in [0.2, 0.25) is 0 Å². The van der Waals surface area contributed by atoms with Gasteiger partial charge >= 0.3 is 0 Å². The standard InChI is InChI=1S/C21H29FN2O3/c22-16-6-5-7-17(14-16)27-19-15-26-13-8-18(19)23-20(25)21(9-1-2-10-21)24-11-3-4-12-24/h5-7,14,18-19H,1-4,8-13,15H2,(H,23,25)/t18-,19-/m1/s1. The second-order valence-electron chi connectivity index (χ2n) is 7.99. The molecule has 2 saturated heterocycles. The van der Waals surface area contributed by atoms with Crippen molar-refractivity contribution in [3.8, 4) is 5.75 Å². The molecule has 0 aromatic heterocycles. The molecule has 27 heavy (non-hydrogen) atoms. The maximum absolute atomic E-state index is 13.5. The zero-order chi connectivity index (χ0) is 18.7. The molecular weight excluding hydrogens is 347 g/mol. The molecule has 148 valence electrons. The van der Waals surface area contributed by atoms with Crippen LogP contribution in [-0.4, -0.2) is 54.8 Å². The third-order valence-corrected chi connectivity index (χ3v) is 6.27. The molecule has 0 unspecified atom stereocenters. The van der Waals surface area contributed by atoms with Gasteiger partial charge in [-0.25, -0.2) is 4.39 Å². The predicted molar refractivity (Wildman–Crippen MR) is 100 cm³/mol. The van der Waals surface area contributed by atoms with Crippen molar-refractivity contribution in [1.29, 1.82) is 0 Å². The molecule has 1 aromatic rings. The molecule has 0 spiro atoms. The van der Waals surface area contributed by atoms with Gasteiger partial charge in [0.15, 0.2) is 0 Å². The summed E-state index contributed by atoms with van der Waals surface area (Å²) in [5, 5.41) is 3.28. The lowest BCUT2D eigenvalue weighted by Gasteiger charge is -2.40. The number of ether oxygens (including phenoxy) is 2. The quantitative estimate of drug-likeness (QED) is 0.859. The molecule has 2 heterocycles. The number of rotatable bonds is 5. The van der Waals surface area contributed by atoms with E-state index in [1.54, 1.807) is 12.1 Å². The second kappa shape index (κ2) is 8.15. The normalized spacial score (nSPS) is 28.2. The average molecular weight is 376 g/mol. The highest BCUT2D eigenvalue weighted by molar-refractivity contribution is 5.87. The summed E-state index contributed by atoms with van der Waals surface area (Å²) in [4.78, 5) is 15.8. The Morgan fingerprint density at radius 2 is 2.00 bits per heavy atom. The van der Waals surface area contributed by atoms with E-state index in [2.05, 4.69) is 10.2 Å². The number of likely N-dealkylation sites (tertiary alicyclic amines) is 1. The Bertz CT molecular complexity index is 657. The van der Waals surface area contributed by atoms with Gasteiger partial charge in [-0.3, -0.25) is 9.69 Å². The largest absolute Gasteiger partial charge is 0.486 e. The number of carbonyl (C=O) groups excluding carboxylic acids is 1. The summed E-state index contributed by atoms with van der Waals surface area (Å²) < 4.78 is 25.0. The molecule has 2 aliphatic heterocycles. The van der Waals surface area contributed by atoms with Crippen molar-refractivity contribution in [3.05, 3.63) is 30.1 Å². The molecule has 2 atom stereocenters. The van der Waals surface area contributed by atoms with E-state index in [9.17, 15) is 9.18 Å². The zero-order valence-corrected chi connectivity index (χ0v) is 15.8. The van der Waals surface area contributed by atoms with Crippen LogP contribution in [0.5, 0.6) is 5.75 Å². The lowest BCUT2D eigenvalue weighted by molar-refractivity contribution is -0.135. The van der Waals surface area contributed by atoms with Crippen molar-refractivity contribution in [1.82, 2.24) is 10.2 Å². The van der Waals surface area contributed by atoms with Gasteiger partial charge in [0.25, 0.3) is 0 Å². The first-order valence-electron chi connectivity index (χ1n) is 10.2. The lowest BCUT2D eigenvalue weighted by atomic mass is 9.92. The molecule has 4 rings (SSSR count). The van der Waals surface area contributed by atoms with E-state index < -0.39 is 0 Å². The van der Waals surface area contributed by atoms with E-state index in [1.807, 2.05) is 0 Å². The maximum Gasteiger partial charge on any atom is 0.240 e. The van der Waals surface area contributed by atoms with Crippen LogP contribution >= 0.6 is 0 Å². The summed E-state index contributed by atoms with van der Waals surface area (Å²) in [5.74, 6) is 0.283. The molecule has 1 aromatic carbocycles. The third-order valence-electron chi connectivity index (χ3n) is 6.27. The summed E-state index contributed by atoms with van der Waals surface area (Å²) in [5.41, 5.74) is -0.349. The highest BCUT2D eigenvalue weighted by Gasteiger charge is 2.48. The topological polar surface area (TPSA) is 50.8 Å². The molecule has 5 nitrogen and oxygen atoms in total. The number of benzene rings is 1. The highest BCUT2D eigenvalue weighted by Crippen LogP contribution is 2.38. The monoisotopic (exact) mass is 376 g/mol. The summed E-state index contributed by atoms with van der Waals surface area (Å²) >= 11 is 0. The molecule has 3 aliphatic rings. The van der Waals surface area contributed by atoms with Gasteiger partial charge in [0, 0.05) is 12.7 Å². The third kappa shape index (κ3) is 3.97. The Morgan fingerprint density at radius 3 is 2.74 bits per heavy atom. The summed E-state index contributed by atoms with van der Waals surface area (Å²) in [7, 11) is 0. The molecule has 3 fully saturated rings. The van der Waals surface area contributed by atoms with Crippen LogP contribution in [-0.2, 0) is 9.53 Å². The first-order chi connectivity index (χ1) is 13.2.